The monoisotopic (exact) mass is 532 g/mol. The van der Waals surface area contributed by atoms with Crippen molar-refractivity contribution < 1.29 is 23.8 Å². The molecule has 2 aromatic carbocycles. The average molecular weight is 533 g/mol. The molecule has 0 saturated carbocycles. The van der Waals surface area contributed by atoms with Crippen LogP contribution in [0.3, 0.4) is 0 Å². The van der Waals surface area contributed by atoms with E-state index in [-0.39, 0.29) is 29.8 Å². The molecule has 6 rings (SSSR count). The van der Waals surface area contributed by atoms with Crippen molar-refractivity contribution in [2.45, 2.75) is 44.8 Å². The number of pyridine rings is 1. The second-order valence-electron chi connectivity index (χ2n) is 11.6. The zero-order valence-corrected chi connectivity index (χ0v) is 22.2. The third kappa shape index (κ3) is 4.58. The number of aliphatic hydroxyl groups is 1. The maximum atomic E-state index is 16.1. The van der Waals surface area contributed by atoms with Crippen LogP contribution in [-0.2, 0) is 21.7 Å². The lowest BCUT2D eigenvalue weighted by Gasteiger charge is -2.50. The van der Waals surface area contributed by atoms with Gasteiger partial charge in [0, 0.05) is 54.9 Å². The minimum absolute atomic E-state index is 0.163. The molecule has 2 N–H and O–H groups in total. The SMILES string of the molecule is CC1(C)CN(Cc2ccc(C3COC3)cc2)CCC1(O)c1ccc2ncc(N3CCC(=O)NC3=O)cc2c1F. The number of hydrogen-bond acceptors (Lipinski definition) is 6. The molecule has 4 heterocycles. The number of rotatable bonds is 5. The number of piperidine rings is 1. The molecule has 0 bridgehead atoms. The van der Waals surface area contributed by atoms with Gasteiger partial charge in [-0.25, -0.2) is 9.18 Å². The smallest absolute Gasteiger partial charge is 0.328 e. The number of benzene rings is 2. The lowest BCUT2D eigenvalue weighted by Crippen LogP contribution is -2.55. The molecule has 39 heavy (non-hydrogen) atoms. The zero-order chi connectivity index (χ0) is 27.4. The summed E-state index contributed by atoms with van der Waals surface area (Å²) >= 11 is 0. The minimum Gasteiger partial charge on any atom is -0.384 e. The van der Waals surface area contributed by atoms with Crippen LogP contribution in [0.2, 0.25) is 0 Å². The van der Waals surface area contributed by atoms with E-state index in [2.05, 4.69) is 39.5 Å². The molecule has 3 aliphatic rings. The Hall–Kier alpha value is -3.40. The van der Waals surface area contributed by atoms with Gasteiger partial charge in [0.1, 0.15) is 5.82 Å². The first-order valence-corrected chi connectivity index (χ1v) is 13.5. The maximum Gasteiger partial charge on any atom is 0.328 e. The van der Waals surface area contributed by atoms with E-state index in [9.17, 15) is 14.7 Å². The Morgan fingerprint density at radius 1 is 1.13 bits per heavy atom. The van der Waals surface area contributed by atoms with Crippen molar-refractivity contribution >= 4 is 28.5 Å². The van der Waals surface area contributed by atoms with Crippen LogP contribution in [0.4, 0.5) is 14.9 Å². The Balaban J connectivity index is 1.23. The van der Waals surface area contributed by atoms with E-state index in [1.165, 1.54) is 22.2 Å². The summed E-state index contributed by atoms with van der Waals surface area (Å²) in [5, 5.41) is 14.5. The van der Waals surface area contributed by atoms with Crippen molar-refractivity contribution in [1.29, 1.82) is 0 Å². The summed E-state index contributed by atoms with van der Waals surface area (Å²) in [7, 11) is 0. The first-order valence-electron chi connectivity index (χ1n) is 13.5. The van der Waals surface area contributed by atoms with Crippen molar-refractivity contribution in [1.82, 2.24) is 15.2 Å². The highest BCUT2D eigenvalue weighted by molar-refractivity contribution is 6.06. The molecule has 3 aliphatic heterocycles. The molecule has 3 aromatic rings. The molecule has 3 amide bonds. The highest BCUT2D eigenvalue weighted by Crippen LogP contribution is 2.48. The van der Waals surface area contributed by atoms with Crippen LogP contribution in [0.5, 0.6) is 0 Å². The van der Waals surface area contributed by atoms with Gasteiger partial charge in [0.05, 0.1) is 36.2 Å². The number of nitrogens with zero attached hydrogens (tertiary/aromatic N) is 3. The Bertz CT molecular complexity index is 1440. The maximum absolute atomic E-state index is 16.1. The molecule has 0 spiro atoms. The van der Waals surface area contributed by atoms with Crippen molar-refractivity contribution in [3.05, 3.63) is 71.2 Å². The van der Waals surface area contributed by atoms with Crippen molar-refractivity contribution in [2.24, 2.45) is 5.41 Å². The van der Waals surface area contributed by atoms with Crippen LogP contribution < -0.4 is 10.2 Å². The predicted molar refractivity (Wildman–Crippen MR) is 145 cm³/mol. The zero-order valence-electron chi connectivity index (χ0n) is 22.2. The molecule has 9 heteroatoms. The summed E-state index contributed by atoms with van der Waals surface area (Å²) in [4.78, 5) is 31.9. The number of urea groups is 1. The van der Waals surface area contributed by atoms with E-state index in [4.69, 9.17) is 4.74 Å². The summed E-state index contributed by atoms with van der Waals surface area (Å²) in [5.41, 5.74) is 1.56. The molecule has 204 valence electrons. The second-order valence-corrected chi connectivity index (χ2v) is 11.6. The van der Waals surface area contributed by atoms with E-state index in [1.54, 1.807) is 18.2 Å². The fourth-order valence-corrected chi connectivity index (χ4v) is 6.07. The number of aromatic nitrogens is 1. The third-order valence-electron chi connectivity index (χ3n) is 8.62. The third-order valence-corrected chi connectivity index (χ3v) is 8.62. The van der Waals surface area contributed by atoms with Crippen molar-refractivity contribution in [3.63, 3.8) is 0 Å². The fraction of sp³-hybridized carbons (Fsp3) is 0.433. The molecule has 3 fully saturated rings. The Kier molecular flexibility index (Phi) is 6.40. The van der Waals surface area contributed by atoms with Gasteiger partial charge in [-0.05, 0) is 29.7 Å². The number of hydrogen-bond donors (Lipinski definition) is 2. The van der Waals surface area contributed by atoms with Crippen LogP contribution in [0.15, 0.2) is 48.7 Å². The van der Waals surface area contributed by atoms with E-state index >= 15 is 4.39 Å². The van der Waals surface area contributed by atoms with Crippen LogP contribution >= 0.6 is 0 Å². The lowest BCUT2D eigenvalue weighted by atomic mass is 9.66. The molecule has 1 aromatic heterocycles. The Morgan fingerprint density at radius 2 is 1.90 bits per heavy atom. The van der Waals surface area contributed by atoms with Crippen molar-refractivity contribution in [2.75, 3.05) is 37.7 Å². The number of anilines is 1. The van der Waals surface area contributed by atoms with Crippen LogP contribution in [0, 0.1) is 11.2 Å². The lowest BCUT2D eigenvalue weighted by molar-refractivity contribution is -0.128. The van der Waals surface area contributed by atoms with E-state index < -0.39 is 22.9 Å². The second kappa shape index (κ2) is 9.66. The molecule has 0 radical (unpaired) electrons. The number of likely N-dealkylation sites (tertiary alicyclic amines) is 1. The van der Waals surface area contributed by atoms with Gasteiger partial charge >= 0.3 is 6.03 Å². The summed E-state index contributed by atoms with van der Waals surface area (Å²) in [6, 6.07) is 13.0. The van der Waals surface area contributed by atoms with Gasteiger partial charge in [0.15, 0.2) is 0 Å². The number of ether oxygens (including phenoxy) is 1. The number of carbonyl (C=O) groups excluding carboxylic acids is 2. The molecule has 3 saturated heterocycles. The van der Waals surface area contributed by atoms with Gasteiger partial charge in [0.25, 0.3) is 0 Å². The predicted octanol–water partition coefficient (Wildman–Crippen LogP) is 4.05. The largest absolute Gasteiger partial charge is 0.384 e. The number of carbonyl (C=O) groups is 2. The molecule has 1 atom stereocenters. The highest BCUT2D eigenvalue weighted by atomic mass is 19.1. The van der Waals surface area contributed by atoms with Gasteiger partial charge in [-0.3, -0.25) is 24.9 Å². The van der Waals surface area contributed by atoms with Crippen molar-refractivity contribution in [3.8, 4) is 0 Å². The van der Waals surface area contributed by atoms with E-state index in [0.717, 1.165) is 19.8 Å². The first kappa shape index (κ1) is 25.9. The van der Waals surface area contributed by atoms with Gasteiger partial charge in [-0.15, -0.1) is 0 Å². The van der Waals surface area contributed by atoms with E-state index in [1.807, 2.05) is 13.8 Å². The van der Waals surface area contributed by atoms with Gasteiger partial charge in [0.2, 0.25) is 5.91 Å². The van der Waals surface area contributed by atoms with Crippen LogP contribution in [0.25, 0.3) is 10.9 Å². The molecular weight excluding hydrogens is 499 g/mol. The summed E-state index contributed by atoms with van der Waals surface area (Å²) in [6.07, 6.45) is 2.04. The number of nitrogens with one attached hydrogen (secondary N) is 1. The number of imide groups is 1. The normalized spacial score (nSPS) is 24.1. The molecule has 0 aliphatic carbocycles. The van der Waals surface area contributed by atoms with Gasteiger partial charge < -0.3 is 9.84 Å². The minimum atomic E-state index is -1.39. The number of halogens is 1. The standard InChI is InChI=1S/C30H33FN4O4/c1-29(2)18-34(15-19-3-5-20(6-4-19)21-16-39-17-21)12-10-30(29,38)24-7-8-25-23(27(24)31)13-22(14-32-25)35-11-9-26(36)33-28(35)37/h3-8,13-14,21,38H,9-12,15-18H2,1-2H3,(H,33,36,37). The highest BCUT2D eigenvalue weighted by Gasteiger charge is 2.50. The first-order chi connectivity index (χ1) is 18.6. The average Bonchev–Trinajstić information content (AvgIpc) is 2.86. The number of fused-ring (bicyclic) bond motifs is 1. The Labute approximate surface area is 226 Å². The summed E-state index contributed by atoms with van der Waals surface area (Å²) in [6.45, 7) is 7.71. The quantitative estimate of drug-likeness (QED) is 0.515. The van der Waals surface area contributed by atoms with Gasteiger partial charge in [-0.2, -0.15) is 0 Å². The molecule has 1 unspecified atom stereocenters. The molecule has 8 nitrogen and oxygen atoms in total. The fourth-order valence-electron chi connectivity index (χ4n) is 6.07. The summed E-state index contributed by atoms with van der Waals surface area (Å²) in [5.74, 6) is -0.378. The summed E-state index contributed by atoms with van der Waals surface area (Å²) < 4.78 is 21.4. The van der Waals surface area contributed by atoms with Crippen LogP contribution in [-0.4, -0.2) is 59.8 Å². The Morgan fingerprint density at radius 3 is 2.56 bits per heavy atom. The topological polar surface area (TPSA) is 95.0 Å². The molecular formula is C30H33FN4O4. The van der Waals surface area contributed by atoms with Crippen LogP contribution in [0.1, 0.15) is 49.3 Å². The van der Waals surface area contributed by atoms with E-state index in [0.29, 0.717) is 36.6 Å². The van der Waals surface area contributed by atoms with Gasteiger partial charge in [-0.1, -0.05) is 44.2 Å². The number of amides is 3.